The second-order valence-corrected chi connectivity index (χ2v) is 3.41. The zero-order valence-electron chi connectivity index (χ0n) is 9.44. The maximum absolute atomic E-state index is 11.4. The van der Waals surface area contributed by atoms with E-state index in [2.05, 4.69) is 0 Å². The number of carbonyl (C=O) groups excluding carboxylic acids is 1. The summed E-state index contributed by atoms with van der Waals surface area (Å²) in [6.07, 6.45) is 0. The fraction of sp³-hybridized carbons (Fsp3) is 0.364. The molecule has 1 aromatic carbocycles. The molecule has 1 aromatic rings. The molecule has 0 aromatic heterocycles. The molecule has 0 saturated carbocycles. The van der Waals surface area contributed by atoms with Crippen LogP contribution >= 0.6 is 0 Å². The summed E-state index contributed by atoms with van der Waals surface area (Å²) >= 11 is 0. The van der Waals surface area contributed by atoms with Crippen LogP contribution in [0.5, 0.6) is 0 Å². The van der Waals surface area contributed by atoms with Crippen LogP contribution in [-0.2, 0) is 4.74 Å². The molecule has 0 saturated heterocycles. The Morgan fingerprint density at radius 1 is 1.44 bits per heavy atom. The molecule has 0 unspecified atom stereocenters. The van der Waals surface area contributed by atoms with Crippen LogP contribution in [0, 0.1) is 24.0 Å². The Morgan fingerprint density at radius 3 is 2.56 bits per heavy atom. The van der Waals surface area contributed by atoms with E-state index in [9.17, 15) is 14.9 Å². The van der Waals surface area contributed by atoms with Crippen LogP contribution < -0.4 is 0 Å². The van der Waals surface area contributed by atoms with Crippen molar-refractivity contribution in [2.75, 3.05) is 6.61 Å². The quantitative estimate of drug-likeness (QED) is 0.448. The first kappa shape index (κ1) is 12.2. The highest BCUT2D eigenvalue weighted by molar-refractivity contribution is 5.90. The standard InChI is InChI=1S/C11H13NO4/c1-4-16-11(13)9-5-7(2)8(3)10(6-9)12(14)15/h5-6H,4H2,1-3H3. The monoisotopic (exact) mass is 223 g/mol. The van der Waals surface area contributed by atoms with Crippen molar-refractivity contribution in [3.05, 3.63) is 38.9 Å². The second kappa shape index (κ2) is 4.74. The molecule has 1 rings (SSSR count). The van der Waals surface area contributed by atoms with Gasteiger partial charge in [0.25, 0.3) is 5.69 Å². The number of rotatable bonds is 3. The number of hydrogen-bond acceptors (Lipinski definition) is 4. The van der Waals surface area contributed by atoms with Crippen molar-refractivity contribution in [3.63, 3.8) is 0 Å². The molecule has 0 amide bonds. The Kier molecular flexibility index (Phi) is 3.60. The van der Waals surface area contributed by atoms with Crippen LogP contribution in [0.4, 0.5) is 5.69 Å². The SMILES string of the molecule is CCOC(=O)c1cc(C)c(C)c([N+](=O)[O-])c1. The lowest BCUT2D eigenvalue weighted by molar-refractivity contribution is -0.385. The van der Waals surface area contributed by atoms with Gasteiger partial charge >= 0.3 is 5.97 Å². The zero-order chi connectivity index (χ0) is 12.3. The summed E-state index contributed by atoms with van der Waals surface area (Å²) in [5.74, 6) is -0.534. The molecule has 0 radical (unpaired) electrons. The minimum Gasteiger partial charge on any atom is -0.462 e. The van der Waals surface area contributed by atoms with Gasteiger partial charge in [-0.25, -0.2) is 4.79 Å². The topological polar surface area (TPSA) is 69.4 Å². The maximum atomic E-state index is 11.4. The Morgan fingerprint density at radius 2 is 2.06 bits per heavy atom. The number of carbonyl (C=O) groups is 1. The number of hydrogen-bond donors (Lipinski definition) is 0. The Hall–Kier alpha value is -1.91. The van der Waals surface area contributed by atoms with Crippen LogP contribution in [0.15, 0.2) is 12.1 Å². The molecule has 5 nitrogen and oxygen atoms in total. The lowest BCUT2D eigenvalue weighted by atomic mass is 10.0. The van der Waals surface area contributed by atoms with Gasteiger partial charge in [-0.3, -0.25) is 10.1 Å². The third kappa shape index (κ3) is 2.36. The molecule has 0 atom stereocenters. The van der Waals surface area contributed by atoms with Gasteiger partial charge in [0.05, 0.1) is 17.1 Å². The van der Waals surface area contributed by atoms with E-state index in [0.29, 0.717) is 11.1 Å². The highest BCUT2D eigenvalue weighted by atomic mass is 16.6. The van der Waals surface area contributed by atoms with Crippen LogP contribution in [-0.4, -0.2) is 17.5 Å². The Labute approximate surface area is 93.2 Å². The van der Waals surface area contributed by atoms with Gasteiger partial charge in [-0.15, -0.1) is 0 Å². The maximum Gasteiger partial charge on any atom is 0.338 e. The predicted octanol–water partition coefficient (Wildman–Crippen LogP) is 2.39. The van der Waals surface area contributed by atoms with Crippen LogP contribution in [0.2, 0.25) is 0 Å². The summed E-state index contributed by atoms with van der Waals surface area (Å²) in [6.45, 7) is 5.32. The van der Waals surface area contributed by atoms with Gasteiger partial charge in [-0.05, 0) is 32.4 Å². The van der Waals surface area contributed by atoms with E-state index in [0.717, 1.165) is 0 Å². The minimum absolute atomic E-state index is 0.0527. The average molecular weight is 223 g/mol. The fourth-order valence-electron chi connectivity index (χ4n) is 1.36. The number of nitrogens with zero attached hydrogens (tertiary/aromatic N) is 1. The number of aryl methyl sites for hydroxylation is 1. The van der Waals surface area contributed by atoms with Gasteiger partial charge in [-0.1, -0.05) is 0 Å². The molecule has 0 bridgehead atoms. The molecule has 0 heterocycles. The molecular weight excluding hydrogens is 210 g/mol. The molecule has 0 fully saturated rings. The molecule has 0 aliphatic rings. The first-order chi connectivity index (χ1) is 7.47. The predicted molar refractivity (Wildman–Crippen MR) is 58.5 cm³/mol. The van der Waals surface area contributed by atoms with Crippen molar-refractivity contribution in [1.82, 2.24) is 0 Å². The van der Waals surface area contributed by atoms with Crippen molar-refractivity contribution in [1.29, 1.82) is 0 Å². The van der Waals surface area contributed by atoms with Gasteiger partial charge in [-0.2, -0.15) is 0 Å². The summed E-state index contributed by atoms with van der Waals surface area (Å²) in [5, 5.41) is 10.8. The van der Waals surface area contributed by atoms with E-state index in [4.69, 9.17) is 4.74 Å². The number of benzene rings is 1. The summed E-state index contributed by atoms with van der Waals surface area (Å²) in [5.41, 5.74) is 1.44. The van der Waals surface area contributed by atoms with E-state index in [-0.39, 0.29) is 17.9 Å². The van der Waals surface area contributed by atoms with Gasteiger partial charge in [0.2, 0.25) is 0 Å². The number of esters is 1. The molecule has 0 aliphatic carbocycles. The number of ether oxygens (including phenoxy) is 1. The largest absolute Gasteiger partial charge is 0.462 e. The highest BCUT2D eigenvalue weighted by Crippen LogP contribution is 2.23. The van der Waals surface area contributed by atoms with Crippen molar-refractivity contribution in [2.45, 2.75) is 20.8 Å². The average Bonchev–Trinajstić information content (AvgIpc) is 2.21. The van der Waals surface area contributed by atoms with E-state index in [1.54, 1.807) is 26.8 Å². The van der Waals surface area contributed by atoms with Gasteiger partial charge in [0, 0.05) is 11.6 Å². The summed E-state index contributed by atoms with van der Waals surface area (Å²) < 4.78 is 4.80. The fourth-order valence-corrected chi connectivity index (χ4v) is 1.36. The molecule has 86 valence electrons. The molecule has 16 heavy (non-hydrogen) atoms. The Bertz CT molecular complexity index is 440. The lowest BCUT2D eigenvalue weighted by Gasteiger charge is -2.06. The number of nitro benzene ring substituents is 1. The van der Waals surface area contributed by atoms with Crippen molar-refractivity contribution < 1.29 is 14.5 Å². The van der Waals surface area contributed by atoms with E-state index < -0.39 is 10.9 Å². The van der Waals surface area contributed by atoms with Gasteiger partial charge in [0.1, 0.15) is 0 Å². The summed E-state index contributed by atoms with van der Waals surface area (Å²) in [7, 11) is 0. The third-order valence-electron chi connectivity index (χ3n) is 2.35. The molecule has 5 heteroatoms. The van der Waals surface area contributed by atoms with Crippen molar-refractivity contribution in [2.24, 2.45) is 0 Å². The normalized spacial score (nSPS) is 9.94. The zero-order valence-corrected chi connectivity index (χ0v) is 9.44. The minimum atomic E-state index is -0.534. The van der Waals surface area contributed by atoms with Crippen LogP contribution in [0.1, 0.15) is 28.4 Å². The van der Waals surface area contributed by atoms with E-state index >= 15 is 0 Å². The van der Waals surface area contributed by atoms with Gasteiger partial charge < -0.3 is 4.74 Å². The van der Waals surface area contributed by atoms with Crippen LogP contribution in [0.25, 0.3) is 0 Å². The smallest absolute Gasteiger partial charge is 0.338 e. The summed E-state index contributed by atoms with van der Waals surface area (Å²) in [4.78, 5) is 21.7. The van der Waals surface area contributed by atoms with E-state index in [1.165, 1.54) is 6.07 Å². The molecule has 0 aliphatic heterocycles. The molecular formula is C11H13NO4. The number of nitro groups is 1. The van der Waals surface area contributed by atoms with E-state index in [1.807, 2.05) is 0 Å². The first-order valence-corrected chi connectivity index (χ1v) is 4.90. The summed E-state index contributed by atoms with van der Waals surface area (Å²) in [6, 6.07) is 2.85. The van der Waals surface area contributed by atoms with Crippen molar-refractivity contribution in [3.8, 4) is 0 Å². The second-order valence-electron chi connectivity index (χ2n) is 3.41. The first-order valence-electron chi connectivity index (χ1n) is 4.90. The van der Waals surface area contributed by atoms with Crippen LogP contribution in [0.3, 0.4) is 0 Å². The molecule has 0 N–H and O–H groups in total. The third-order valence-corrected chi connectivity index (χ3v) is 2.35. The van der Waals surface area contributed by atoms with Crippen molar-refractivity contribution >= 4 is 11.7 Å². The lowest BCUT2D eigenvalue weighted by Crippen LogP contribution is -2.06. The Balaban J connectivity index is 3.24. The van der Waals surface area contributed by atoms with Gasteiger partial charge in [0.15, 0.2) is 0 Å². The molecule has 0 spiro atoms. The highest BCUT2D eigenvalue weighted by Gasteiger charge is 2.17.